The predicted molar refractivity (Wildman–Crippen MR) is 107 cm³/mol. The van der Waals surface area contributed by atoms with Gasteiger partial charge < -0.3 is 15.8 Å². The lowest BCUT2D eigenvalue weighted by Crippen LogP contribution is -2.18. The highest BCUT2D eigenvalue weighted by molar-refractivity contribution is 7.18. The molecule has 144 valence electrons. The third-order valence-electron chi connectivity index (χ3n) is 3.57. The van der Waals surface area contributed by atoms with E-state index in [0.717, 1.165) is 11.3 Å². The van der Waals surface area contributed by atoms with Crippen LogP contribution >= 0.6 is 34.5 Å². The molecule has 1 aromatic heterocycles. The number of halogens is 2. The third-order valence-corrected chi connectivity index (χ3v) is 5.50. The standard InChI is InChI=1S/C18H18Cl2N2O4S/c1-8(2)26-18(25)14-9(3)15(16(21)24)27-17(14)22-13(23)7-10-11(19)5-4-6-12(10)20/h4-6,8H,7H2,1-3H3,(H2,21,24)(H,22,23). The Morgan fingerprint density at radius 3 is 2.33 bits per heavy atom. The van der Waals surface area contributed by atoms with Crippen LogP contribution in [0.2, 0.25) is 10.0 Å². The molecule has 0 fully saturated rings. The molecule has 0 aliphatic heterocycles. The molecule has 0 aliphatic rings. The van der Waals surface area contributed by atoms with Crippen molar-refractivity contribution in [3.05, 3.63) is 49.8 Å². The zero-order valence-electron chi connectivity index (χ0n) is 14.9. The number of nitrogens with two attached hydrogens (primary N) is 1. The van der Waals surface area contributed by atoms with Gasteiger partial charge in [0.05, 0.1) is 23.0 Å². The number of nitrogens with one attached hydrogen (secondary N) is 1. The van der Waals surface area contributed by atoms with Gasteiger partial charge in [-0.1, -0.05) is 29.3 Å². The van der Waals surface area contributed by atoms with Crippen LogP contribution in [-0.2, 0) is 16.0 Å². The number of esters is 1. The van der Waals surface area contributed by atoms with E-state index in [-0.39, 0.29) is 28.0 Å². The van der Waals surface area contributed by atoms with Gasteiger partial charge in [-0.15, -0.1) is 11.3 Å². The molecular weight excluding hydrogens is 411 g/mol. The second-order valence-corrected chi connectivity index (χ2v) is 7.84. The molecule has 27 heavy (non-hydrogen) atoms. The number of amides is 2. The maximum Gasteiger partial charge on any atom is 0.341 e. The lowest BCUT2D eigenvalue weighted by atomic mass is 10.1. The molecular formula is C18H18Cl2N2O4S. The van der Waals surface area contributed by atoms with Crippen molar-refractivity contribution in [1.82, 2.24) is 0 Å². The van der Waals surface area contributed by atoms with Crippen molar-refractivity contribution in [2.45, 2.75) is 33.3 Å². The first kappa shape index (κ1) is 21.2. The smallest absolute Gasteiger partial charge is 0.341 e. The minimum Gasteiger partial charge on any atom is -0.459 e. The molecule has 2 aromatic rings. The summed E-state index contributed by atoms with van der Waals surface area (Å²) in [6, 6.07) is 4.93. The SMILES string of the molecule is Cc1c(C(N)=O)sc(NC(=O)Cc2c(Cl)cccc2Cl)c1C(=O)OC(C)C. The van der Waals surface area contributed by atoms with Gasteiger partial charge in [-0.05, 0) is 44.0 Å². The number of ether oxygens (including phenoxy) is 1. The van der Waals surface area contributed by atoms with Gasteiger partial charge in [0.15, 0.2) is 0 Å². The van der Waals surface area contributed by atoms with Crippen LogP contribution in [0, 0.1) is 6.92 Å². The third kappa shape index (κ3) is 5.00. The summed E-state index contributed by atoms with van der Waals surface area (Å²) in [6.07, 6.45) is -0.459. The lowest BCUT2D eigenvalue weighted by molar-refractivity contribution is -0.115. The van der Waals surface area contributed by atoms with Gasteiger partial charge in [-0.2, -0.15) is 0 Å². The van der Waals surface area contributed by atoms with Crippen LogP contribution in [-0.4, -0.2) is 23.9 Å². The number of hydrogen-bond acceptors (Lipinski definition) is 5. The number of benzene rings is 1. The van der Waals surface area contributed by atoms with Crippen molar-refractivity contribution in [1.29, 1.82) is 0 Å². The van der Waals surface area contributed by atoms with Gasteiger partial charge in [-0.3, -0.25) is 9.59 Å². The van der Waals surface area contributed by atoms with Gasteiger partial charge in [0.1, 0.15) is 5.00 Å². The molecule has 1 heterocycles. The van der Waals surface area contributed by atoms with E-state index in [1.165, 1.54) is 0 Å². The molecule has 0 atom stereocenters. The molecule has 0 saturated heterocycles. The van der Waals surface area contributed by atoms with Crippen molar-refractivity contribution in [3.8, 4) is 0 Å². The number of carbonyl (C=O) groups is 3. The largest absolute Gasteiger partial charge is 0.459 e. The quantitative estimate of drug-likeness (QED) is 0.672. The average molecular weight is 429 g/mol. The minimum atomic E-state index is -0.689. The zero-order chi connectivity index (χ0) is 20.3. The highest BCUT2D eigenvalue weighted by Gasteiger charge is 2.26. The molecule has 9 heteroatoms. The molecule has 6 nitrogen and oxygen atoms in total. The molecule has 2 amide bonds. The van der Waals surface area contributed by atoms with Crippen LogP contribution in [0.25, 0.3) is 0 Å². The summed E-state index contributed by atoms with van der Waals surface area (Å²) in [5, 5.41) is 3.55. The number of primary amides is 1. The van der Waals surface area contributed by atoms with E-state index in [9.17, 15) is 14.4 Å². The highest BCUT2D eigenvalue weighted by Crippen LogP contribution is 2.34. The average Bonchev–Trinajstić information content (AvgIpc) is 2.87. The summed E-state index contributed by atoms with van der Waals surface area (Å²) in [5.41, 5.74) is 6.31. The van der Waals surface area contributed by atoms with Crippen LogP contribution in [0.4, 0.5) is 5.00 Å². The fourth-order valence-electron chi connectivity index (χ4n) is 2.39. The normalized spacial score (nSPS) is 10.7. The fraction of sp³-hybridized carbons (Fsp3) is 0.278. The molecule has 0 bridgehead atoms. The zero-order valence-corrected chi connectivity index (χ0v) is 17.2. The fourth-order valence-corrected chi connectivity index (χ4v) is 3.98. The van der Waals surface area contributed by atoms with E-state index in [2.05, 4.69) is 5.32 Å². The first-order valence-corrected chi connectivity index (χ1v) is 9.56. The van der Waals surface area contributed by atoms with Gasteiger partial charge in [0.2, 0.25) is 5.91 Å². The lowest BCUT2D eigenvalue weighted by Gasteiger charge is -2.11. The van der Waals surface area contributed by atoms with Gasteiger partial charge in [0, 0.05) is 10.0 Å². The first-order valence-electron chi connectivity index (χ1n) is 7.98. The Kier molecular flexibility index (Phi) is 6.86. The summed E-state index contributed by atoms with van der Waals surface area (Å²) in [6.45, 7) is 4.98. The molecule has 3 N–H and O–H groups in total. The van der Waals surface area contributed by atoms with Crippen molar-refractivity contribution >= 4 is 57.3 Å². The van der Waals surface area contributed by atoms with Crippen LogP contribution in [0.3, 0.4) is 0 Å². The van der Waals surface area contributed by atoms with Crippen LogP contribution in [0.15, 0.2) is 18.2 Å². The van der Waals surface area contributed by atoms with Crippen molar-refractivity contribution in [2.75, 3.05) is 5.32 Å². The Balaban J connectivity index is 2.34. The second-order valence-electron chi connectivity index (χ2n) is 6.00. The maximum absolute atomic E-state index is 12.5. The summed E-state index contributed by atoms with van der Waals surface area (Å²) in [4.78, 5) is 36.7. The van der Waals surface area contributed by atoms with Gasteiger partial charge in [0.25, 0.3) is 5.91 Å². The van der Waals surface area contributed by atoms with Crippen molar-refractivity contribution < 1.29 is 19.1 Å². The summed E-state index contributed by atoms with van der Waals surface area (Å²) in [5.74, 6) is -1.77. The highest BCUT2D eigenvalue weighted by atomic mass is 35.5. The van der Waals surface area contributed by atoms with Crippen LogP contribution in [0.1, 0.15) is 45.0 Å². The van der Waals surface area contributed by atoms with E-state index < -0.39 is 17.8 Å². The molecule has 2 rings (SSSR count). The number of rotatable bonds is 6. The Morgan fingerprint density at radius 2 is 1.81 bits per heavy atom. The van der Waals surface area contributed by atoms with E-state index >= 15 is 0 Å². The summed E-state index contributed by atoms with van der Waals surface area (Å²) < 4.78 is 5.21. The Bertz CT molecular complexity index is 889. The Morgan fingerprint density at radius 1 is 1.22 bits per heavy atom. The van der Waals surface area contributed by atoms with E-state index in [4.69, 9.17) is 33.7 Å². The molecule has 0 unspecified atom stereocenters. The minimum absolute atomic E-state index is 0.0972. The van der Waals surface area contributed by atoms with Crippen molar-refractivity contribution in [2.24, 2.45) is 5.73 Å². The monoisotopic (exact) mass is 428 g/mol. The van der Waals surface area contributed by atoms with Gasteiger partial charge in [-0.25, -0.2) is 4.79 Å². The van der Waals surface area contributed by atoms with Crippen LogP contribution in [0.5, 0.6) is 0 Å². The van der Waals surface area contributed by atoms with Crippen molar-refractivity contribution in [3.63, 3.8) is 0 Å². The molecule has 0 spiro atoms. The van der Waals surface area contributed by atoms with E-state index in [1.807, 2.05) is 0 Å². The topological polar surface area (TPSA) is 98.5 Å². The number of thiophene rings is 1. The Labute approximate surface area is 170 Å². The summed E-state index contributed by atoms with van der Waals surface area (Å²) in [7, 11) is 0. The van der Waals surface area contributed by atoms with E-state index in [1.54, 1.807) is 39.0 Å². The number of hydrogen-bond donors (Lipinski definition) is 2. The molecule has 0 aliphatic carbocycles. The molecule has 0 radical (unpaired) electrons. The van der Waals surface area contributed by atoms with Gasteiger partial charge >= 0.3 is 5.97 Å². The molecule has 0 saturated carbocycles. The number of anilines is 1. The van der Waals surface area contributed by atoms with E-state index in [0.29, 0.717) is 21.2 Å². The first-order chi connectivity index (χ1) is 12.6. The summed E-state index contributed by atoms with van der Waals surface area (Å²) >= 11 is 13.1. The second kappa shape index (κ2) is 8.73. The molecule has 1 aromatic carbocycles. The Hall–Kier alpha value is -2.09. The van der Waals surface area contributed by atoms with Crippen LogP contribution < -0.4 is 11.1 Å². The predicted octanol–water partition coefficient (Wildman–Crippen LogP) is 4.21. The number of carbonyl (C=O) groups excluding carboxylic acids is 3. The maximum atomic E-state index is 12.5.